The lowest BCUT2D eigenvalue weighted by atomic mass is 10.2. The predicted molar refractivity (Wildman–Crippen MR) is 78.4 cm³/mol. The molecular formula is C14H21FN2O2S. The van der Waals surface area contributed by atoms with Gasteiger partial charge in [-0.25, -0.2) is 12.8 Å². The molecule has 1 rings (SSSR count). The van der Waals surface area contributed by atoms with Gasteiger partial charge in [-0.3, -0.25) is 0 Å². The monoisotopic (exact) mass is 300 g/mol. The molecule has 20 heavy (non-hydrogen) atoms. The quantitative estimate of drug-likeness (QED) is 0.748. The molecule has 1 aromatic carbocycles. The van der Waals surface area contributed by atoms with Crippen molar-refractivity contribution in [3.05, 3.63) is 42.2 Å². The van der Waals surface area contributed by atoms with Crippen molar-refractivity contribution in [2.45, 2.75) is 24.8 Å². The SMILES string of the molecule is C=CCN(CCC)S(=O)(=O)c1ccc(CNC)cc1F. The van der Waals surface area contributed by atoms with Gasteiger partial charge in [0.15, 0.2) is 0 Å². The third-order valence-electron chi connectivity index (χ3n) is 2.80. The van der Waals surface area contributed by atoms with Crippen LogP contribution in [-0.2, 0) is 16.6 Å². The highest BCUT2D eigenvalue weighted by atomic mass is 32.2. The molecule has 112 valence electrons. The average Bonchev–Trinajstić information content (AvgIpc) is 2.38. The second-order valence-electron chi connectivity index (χ2n) is 4.45. The lowest BCUT2D eigenvalue weighted by molar-refractivity contribution is 0.436. The van der Waals surface area contributed by atoms with Crippen molar-refractivity contribution < 1.29 is 12.8 Å². The van der Waals surface area contributed by atoms with E-state index >= 15 is 0 Å². The normalized spacial score (nSPS) is 11.8. The summed E-state index contributed by atoms with van der Waals surface area (Å²) in [4.78, 5) is -0.285. The highest BCUT2D eigenvalue weighted by molar-refractivity contribution is 7.89. The Morgan fingerprint density at radius 3 is 2.65 bits per heavy atom. The molecule has 0 aliphatic rings. The highest BCUT2D eigenvalue weighted by Crippen LogP contribution is 2.20. The van der Waals surface area contributed by atoms with E-state index < -0.39 is 15.8 Å². The standard InChI is InChI=1S/C14H21FN2O2S/c1-4-8-17(9-5-2)20(18,19)14-7-6-12(11-16-3)10-13(14)15/h4,6-7,10,16H,1,5,8-9,11H2,2-3H3. The van der Waals surface area contributed by atoms with Crippen molar-refractivity contribution in [1.29, 1.82) is 0 Å². The number of hydrogen-bond acceptors (Lipinski definition) is 3. The number of nitrogens with zero attached hydrogens (tertiary/aromatic N) is 1. The molecule has 0 radical (unpaired) electrons. The number of hydrogen-bond donors (Lipinski definition) is 1. The van der Waals surface area contributed by atoms with Crippen LogP contribution in [0.5, 0.6) is 0 Å². The Bertz CT molecular complexity index is 558. The van der Waals surface area contributed by atoms with Crippen LogP contribution in [0.25, 0.3) is 0 Å². The van der Waals surface area contributed by atoms with Gasteiger partial charge in [0.25, 0.3) is 0 Å². The van der Waals surface area contributed by atoms with Crippen molar-refractivity contribution in [3.63, 3.8) is 0 Å². The fraction of sp³-hybridized carbons (Fsp3) is 0.429. The summed E-state index contributed by atoms with van der Waals surface area (Å²) in [6.07, 6.45) is 2.16. The van der Waals surface area contributed by atoms with E-state index in [1.165, 1.54) is 22.5 Å². The molecule has 0 saturated carbocycles. The molecule has 0 spiro atoms. The van der Waals surface area contributed by atoms with Crippen LogP contribution in [0.15, 0.2) is 35.7 Å². The summed E-state index contributed by atoms with van der Waals surface area (Å²) >= 11 is 0. The molecular weight excluding hydrogens is 279 g/mol. The number of benzene rings is 1. The molecule has 0 amide bonds. The molecule has 1 N–H and O–H groups in total. The Hall–Kier alpha value is -1.24. The summed E-state index contributed by atoms with van der Waals surface area (Å²) < 4.78 is 40.1. The number of nitrogens with one attached hydrogen (secondary N) is 1. The van der Waals surface area contributed by atoms with Crippen molar-refractivity contribution in [2.24, 2.45) is 0 Å². The van der Waals surface area contributed by atoms with E-state index in [-0.39, 0.29) is 11.4 Å². The summed E-state index contributed by atoms with van der Waals surface area (Å²) in [7, 11) is -2.08. The predicted octanol–water partition coefficient (Wildman–Crippen LogP) is 2.13. The van der Waals surface area contributed by atoms with Gasteiger partial charge in [-0.1, -0.05) is 19.1 Å². The van der Waals surface area contributed by atoms with Crippen LogP contribution in [0.2, 0.25) is 0 Å². The lowest BCUT2D eigenvalue weighted by Crippen LogP contribution is -2.32. The fourth-order valence-corrected chi connectivity index (χ4v) is 3.46. The minimum absolute atomic E-state index is 0.174. The maximum atomic E-state index is 14.1. The van der Waals surface area contributed by atoms with Gasteiger partial charge in [-0.2, -0.15) is 4.31 Å². The van der Waals surface area contributed by atoms with Crippen molar-refractivity contribution in [1.82, 2.24) is 9.62 Å². The van der Waals surface area contributed by atoms with Crippen LogP contribution >= 0.6 is 0 Å². The number of sulfonamides is 1. The maximum Gasteiger partial charge on any atom is 0.246 e. The van der Waals surface area contributed by atoms with E-state index in [9.17, 15) is 12.8 Å². The van der Waals surface area contributed by atoms with Crippen LogP contribution in [0.3, 0.4) is 0 Å². The molecule has 0 bridgehead atoms. The summed E-state index contributed by atoms with van der Waals surface area (Å²) in [5.41, 5.74) is 0.703. The van der Waals surface area contributed by atoms with Crippen LogP contribution in [0.1, 0.15) is 18.9 Å². The van der Waals surface area contributed by atoms with E-state index in [1.807, 2.05) is 6.92 Å². The lowest BCUT2D eigenvalue weighted by Gasteiger charge is -2.20. The number of rotatable bonds is 8. The fourth-order valence-electron chi connectivity index (χ4n) is 1.91. The van der Waals surface area contributed by atoms with Crippen LogP contribution in [-0.4, -0.2) is 32.9 Å². The first-order valence-electron chi connectivity index (χ1n) is 6.51. The van der Waals surface area contributed by atoms with Crippen LogP contribution < -0.4 is 5.32 Å². The second-order valence-corrected chi connectivity index (χ2v) is 6.35. The Balaban J connectivity index is 3.16. The molecule has 0 aromatic heterocycles. The zero-order valence-electron chi connectivity index (χ0n) is 11.9. The number of halogens is 1. The van der Waals surface area contributed by atoms with Gasteiger partial charge in [-0.05, 0) is 31.2 Å². The second kappa shape index (κ2) is 7.52. The van der Waals surface area contributed by atoms with Crippen molar-refractivity contribution in [2.75, 3.05) is 20.1 Å². The van der Waals surface area contributed by atoms with Gasteiger partial charge in [0.2, 0.25) is 10.0 Å². The van der Waals surface area contributed by atoms with Crippen molar-refractivity contribution in [3.8, 4) is 0 Å². The third kappa shape index (κ3) is 3.88. The van der Waals surface area contributed by atoms with Crippen LogP contribution in [0, 0.1) is 5.82 Å². The molecule has 0 heterocycles. The Kier molecular flexibility index (Phi) is 6.32. The zero-order valence-corrected chi connectivity index (χ0v) is 12.7. The first-order valence-corrected chi connectivity index (χ1v) is 7.95. The largest absolute Gasteiger partial charge is 0.316 e. The van der Waals surface area contributed by atoms with E-state index in [0.29, 0.717) is 25.1 Å². The van der Waals surface area contributed by atoms with Gasteiger partial charge in [0, 0.05) is 19.6 Å². The minimum Gasteiger partial charge on any atom is -0.316 e. The van der Waals surface area contributed by atoms with Gasteiger partial charge < -0.3 is 5.32 Å². The molecule has 4 nitrogen and oxygen atoms in total. The zero-order chi connectivity index (χ0) is 15.2. The van der Waals surface area contributed by atoms with Gasteiger partial charge in [-0.15, -0.1) is 6.58 Å². The smallest absolute Gasteiger partial charge is 0.246 e. The third-order valence-corrected chi connectivity index (χ3v) is 4.70. The molecule has 0 unspecified atom stereocenters. The summed E-state index contributed by atoms with van der Waals surface area (Å²) in [6.45, 7) is 6.42. The molecule has 0 fully saturated rings. The van der Waals surface area contributed by atoms with Crippen molar-refractivity contribution >= 4 is 10.0 Å². The first-order chi connectivity index (χ1) is 9.47. The molecule has 1 aromatic rings. The molecule has 0 aliphatic carbocycles. The van der Waals surface area contributed by atoms with Gasteiger partial charge in [0.05, 0.1) is 0 Å². The Morgan fingerprint density at radius 1 is 1.45 bits per heavy atom. The van der Waals surface area contributed by atoms with Gasteiger partial charge in [0.1, 0.15) is 10.7 Å². The van der Waals surface area contributed by atoms with E-state index in [1.54, 1.807) is 13.1 Å². The molecule has 6 heteroatoms. The minimum atomic E-state index is -3.82. The summed E-state index contributed by atoms with van der Waals surface area (Å²) in [5.74, 6) is -0.720. The Morgan fingerprint density at radius 2 is 2.15 bits per heavy atom. The van der Waals surface area contributed by atoms with E-state index in [4.69, 9.17) is 0 Å². The summed E-state index contributed by atoms with van der Waals surface area (Å²) in [5, 5.41) is 2.89. The summed E-state index contributed by atoms with van der Waals surface area (Å²) in [6, 6.07) is 4.19. The van der Waals surface area contributed by atoms with E-state index in [2.05, 4.69) is 11.9 Å². The molecule has 0 atom stereocenters. The molecule has 0 saturated heterocycles. The topological polar surface area (TPSA) is 49.4 Å². The maximum absolute atomic E-state index is 14.1. The van der Waals surface area contributed by atoms with Crippen LogP contribution in [0.4, 0.5) is 4.39 Å². The average molecular weight is 300 g/mol. The van der Waals surface area contributed by atoms with Gasteiger partial charge >= 0.3 is 0 Å². The molecule has 0 aliphatic heterocycles. The van der Waals surface area contributed by atoms with E-state index in [0.717, 1.165) is 0 Å². The Labute approximate surface area is 120 Å². The highest BCUT2D eigenvalue weighted by Gasteiger charge is 2.26. The first kappa shape index (κ1) is 16.8.